The van der Waals surface area contributed by atoms with E-state index in [1.165, 1.54) is 59.8 Å². The van der Waals surface area contributed by atoms with Crippen LogP contribution in [0.1, 0.15) is 74.6 Å². The first-order valence-electron chi connectivity index (χ1n) is 13.8. The number of para-hydroxylation sites is 1. The average molecular weight is 472 g/mol. The van der Waals surface area contributed by atoms with Crippen LogP contribution in [0.3, 0.4) is 0 Å². The molecule has 35 heavy (non-hydrogen) atoms. The van der Waals surface area contributed by atoms with Crippen LogP contribution in [0.15, 0.2) is 54.6 Å². The van der Waals surface area contributed by atoms with E-state index < -0.39 is 0 Å². The summed E-state index contributed by atoms with van der Waals surface area (Å²) in [5.74, 6) is 0.485. The zero-order valence-corrected chi connectivity index (χ0v) is 21.3. The van der Waals surface area contributed by atoms with Crippen LogP contribution in [0, 0.1) is 12.8 Å². The van der Waals surface area contributed by atoms with Crippen molar-refractivity contribution in [3.05, 3.63) is 71.4 Å². The summed E-state index contributed by atoms with van der Waals surface area (Å²) in [5, 5.41) is 4.73. The summed E-state index contributed by atoms with van der Waals surface area (Å²) in [7, 11) is 0. The maximum Gasteiger partial charge on any atom is 0.223 e. The molecule has 0 spiro atoms. The van der Waals surface area contributed by atoms with Crippen molar-refractivity contribution in [1.82, 2.24) is 14.8 Å². The van der Waals surface area contributed by atoms with Gasteiger partial charge in [-0.25, -0.2) is 0 Å². The number of aromatic nitrogens is 1. The average Bonchev–Trinajstić information content (AvgIpc) is 3.18. The van der Waals surface area contributed by atoms with Crippen LogP contribution >= 0.6 is 0 Å². The second-order valence-electron chi connectivity index (χ2n) is 10.9. The highest BCUT2D eigenvalue weighted by atomic mass is 16.1. The van der Waals surface area contributed by atoms with Crippen LogP contribution in [-0.4, -0.2) is 34.5 Å². The van der Waals surface area contributed by atoms with Crippen molar-refractivity contribution < 1.29 is 4.79 Å². The van der Waals surface area contributed by atoms with Gasteiger partial charge in [0.05, 0.1) is 0 Å². The Kier molecular flexibility index (Phi) is 7.88. The van der Waals surface area contributed by atoms with Gasteiger partial charge >= 0.3 is 0 Å². The third-order valence-electron chi connectivity index (χ3n) is 8.12. The first-order chi connectivity index (χ1) is 17.2. The minimum atomic E-state index is 0.176. The Bertz CT molecular complexity index is 1120. The molecule has 1 amide bonds. The second kappa shape index (κ2) is 11.4. The van der Waals surface area contributed by atoms with Gasteiger partial charge in [0.2, 0.25) is 5.91 Å². The number of benzene rings is 2. The first-order valence-corrected chi connectivity index (χ1v) is 13.8. The summed E-state index contributed by atoms with van der Waals surface area (Å²) < 4.78 is 2.48. The summed E-state index contributed by atoms with van der Waals surface area (Å²) in [6.45, 7) is 5.99. The number of carbonyl (C=O) groups is 1. The fourth-order valence-electron chi connectivity index (χ4n) is 6.08. The predicted octanol–water partition coefficient (Wildman–Crippen LogP) is 6.44. The second-order valence-corrected chi connectivity index (χ2v) is 10.9. The molecule has 4 nitrogen and oxygen atoms in total. The molecule has 2 fully saturated rings. The number of nitrogens with one attached hydrogen (secondary N) is 1. The van der Waals surface area contributed by atoms with Gasteiger partial charge in [-0.2, -0.15) is 0 Å². The van der Waals surface area contributed by atoms with Crippen molar-refractivity contribution in [2.45, 2.75) is 83.8 Å². The molecule has 1 saturated carbocycles. The summed E-state index contributed by atoms with van der Waals surface area (Å²) >= 11 is 0. The van der Waals surface area contributed by atoms with E-state index in [-0.39, 0.29) is 5.92 Å². The molecule has 0 unspecified atom stereocenters. The highest BCUT2D eigenvalue weighted by Gasteiger charge is 2.27. The molecular weight excluding hydrogens is 430 g/mol. The molecule has 0 bridgehead atoms. The third kappa shape index (κ3) is 6.16. The Morgan fingerprint density at radius 1 is 0.857 bits per heavy atom. The minimum absolute atomic E-state index is 0.176. The van der Waals surface area contributed by atoms with Crippen LogP contribution in [0.4, 0.5) is 0 Å². The normalized spacial score (nSPS) is 18.9. The van der Waals surface area contributed by atoms with Crippen molar-refractivity contribution >= 4 is 16.8 Å². The van der Waals surface area contributed by atoms with Gasteiger partial charge in [-0.05, 0) is 68.8 Å². The highest BCUT2D eigenvalue weighted by Crippen LogP contribution is 2.26. The number of nitrogens with zero attached hydrogens (tertiary/aromatic N) is 2. The van der Waals surface area contributed by atoms with Crippen LogP contribution in [-0.2, 0) is 17.9 Å². The predicted molar refractivity (Wildman–Crippen MR) is 144 cm³/mol. The number of hydrogen-bond donors (Lipinski definition) is 1. The fourth-order valence-corrected chi connectivity index (χ4v) is 6.08. The molecule has 2 aromatic carbocycles. The Balaban J connectivity index is 1.21. The Morgan fingerprint density at radius 2 is 1.60 bits per heavy atom. The molecule has 1 N–H and O–H groups in total. The van der Waals surface area contributed by atoms with E-state index in [0.717, 1.165) is 51.9 Å². The van der Waals surface area contributed by atoms with Gasteiger partial charge < -0.3 is 9.88 Å². The quantitative estimate of drug-likeness (QED) is 0.449. The molecule has 1 saturated heterocycles. The molecule has 186 valence electrons. The van der Waals surface area contributed by atoms with Crippen molar-refractivity contribution in [3.63, 3.8) is 0 Å². The number of rotatable bonds is 6. The lowest BCUT2D eigenvalue weighted by atomic mass is 9.93. The van der Waals surface area contributed by atoms with E-state index in [2.05, 4.69) is 76.3 Å². The fraction of sp³-hybridized carbons (Fsp3) is 0.516. The Hall–Kier alpha value is -2.59. The summed E-state index contributed by atoms with van der Waals surface area (Å²) in [5.41, 5.74) is 5.32. The molecule has 2 aliphatic rings. The van der Waals surface area contributed by atoms with Gasteiger partial charge in [0, 0.05) is 36.3 Å². The lowest BCUT2D eigenvalue weighted by Gasteiger charge is -2.32. The van der Waals surface area contributed by atoms with Crippen LogP contribution in [0.25, 0.3) is 10.9 Å². The Labute approximate surface area is 210 Å². The zero-order chi connectivity index (χ0) is 24.0. The van der Waals surface area contributed by atoms with Crippen molar-refractivity contribution in [2.24, 2.45) is 5.92 Å². The number of piperidine rings is 1. The third-order valence-corrected chi connectivity index (χ3v) is 8.12. The van der Waals surface area contributed by atoms with Crippen LogP contribution < -0.4 is 5.32 Å². The largest absolute Gasteiger partial charge is 0.353 e. The van der Waals surface area contributed by atoms with Crippen LogP contribution in [0.2, 0.25) is 0 Å². The van der Waals surface area contributed by atoms with E-state index in [1.807, 2.05) is 0 Å². The maximum atomic E-state index is 13.0. The van der Waals surface area contributed by atoms with Crippen LogP contribution in [0.5, 0.6) is 0 Å². The van der Waals surface area contributed by atoms with Gasteiger partial charge in [0.25, 0.3) is 0 Å². The number of carbonyl (C=O) groups excluding carboxylic acids is 1. The molecule has 1 aromatic heterocycles. The van der Waals surface area contributed by atoms with Gasteiger partial charge in [0.1, 0.15) is 0 Å². The standard InChI is InChI=1S/C31H41N3O/c1-24-10-9-11-25(20-24)22-34-29(21-27-12-7-8-15-30(27)34)23-33-18-16-26(17-19-33)31(35)32-28-13-5-3-2-4-6-14-28/h7-12,15,20-21,26,28H,2-6,13-14,16-19,22-23H2,1H3,(H,32,35). The number of aryl methyl sites for hydroxylation is 1. The molecule has 2 heterocycles. The molecule has 5 rings (SSSR count). The molecule has 0 atom stereocenters. The van der Waals surface area contributed by atoms with E-state index in [1.54, 1.807) is 0 Å². The molecule has 4 heteroatoms. The van der Waals surface area contributed by atoms with Gasteiger partial charge in [-0.3, -0.25) is 9.69 Å². The Morgan fingerprint density at radius 3 is 2.37 bits per heavy atom. The molecule has 3 aromatic rings. The SMILES string of the molecule is Cc1cccc(Cn2c(CN3CCC(C(=O)NC4CCCCCCC4)CC3)cc3ccccc32)c1. The summed E-state index contributed by atoms with van der Waals surface area (Å²) in [6.07, 6.45) is 10.8. The summed E-state index contributed by atoms with van der Waals surface area (Å²) in [4.78, 5) is 15.5. The molecular formula is C31H41N3O. The van der Waals surface area contributed by atoms with E-state index in [9.17, 15) is 4.79 Å². The molecule has 0 radical (unpaired) electrons. The van der Waals surface area contributed by atoms with Gasteiger partial charge in [-0.1, -0.05) is 80.1 Å². The summed E-state index contributed by atoms with van der Waals surface area (Å²) in [6, 6.07) is 20.3. The minimum Gasteiger partial charge on any atom is -0.353 e. The number of amides is 1. The van der Waals surface area contributed by atoms with E-state index in [4.69, 9.17) is 0 Å². The van der Waals surface area contributed by atoms with Gasteiger partial charge in [0.15, 0.2) is 0 Å². The van der Waals surface area contributed by atoms with Crippen molar-refractivity contribution in [3.8, 4) is 0 Å². The molecule has 1 aliphatic heterocycles. The lowest BCUT2D eigenvalue weighted by Crippen LogP contribution is -2.44. The topological polar surface area (TPSA) is 37.3 Å². The van der Waals surface area contributed by atoms with Crippen molar-refractivity contribution in [2.75, 3.05) is 13.1 Å². The van der Waals surface area contributed by atoms with E-state index in [0.29, 0.717) is 11.9 Å². The number of fused-ring (bicyclic) bond motifs is 1. The zero-order valence-electron chi connectivity index (χ0n) is 21.3. The monoisotopic (exact) mass is 471 g/mol. The number of hydrogen-bond acceptors (Lipinski definition) is 2. The highest BCUT2D eigenvalue weighted by molar-refractivity contribution is 5.81. The maximum absolute atomic E-state index is 13.0. The van der Waals surface area contributed by atoms with E-state index >= 15 is 0 Å². The smallest absolute Gasteiger partial charge is 0.223 e. The first kappa shape index (κ1) is 24.1. The number of likely N-dealkylation sites (tertiary alicyclic amines) is 1. The lowest BCUT2D eigenvalue weighted by molar-refractivity contribution is -0.127. The van der Waals surface area contributed by atoms with Gasteiger partial charge in [-0.15, -0.1) is 0 Å². The van der Waals surface area contributed by atoms with Crippen molar-refractivity contribution in [1.29, 1.82) is 0 Å². The molecule has 1 aliphatic carbocycles.